The van der Waals surface area contributed by atoms with Crippen LogP contribution in [0.3, 0.4) is 0 Å². The largest absolute Gasteiger partial charge is 0.478 e. The molecule has 0 aliphatic heterocycles. The van der Waals surface area contributed by atoms with E-state index in [2.05, 4.69) is 6.58 Å². The molecule has 0 radical (unpaired) electrons. The Bertz CT molecular complexity index is 704. The Kier molecular flexibility index (Phi) is 4.73. The highest BCUT2D eigenvalue weighted by molar-refractivity contribution is 6.03. The van der Waals surface area contributed by atoms with Crippen LogP contribution in [0.15, 0.2) is 61.2 Å². The fraction of sp³-hybridized carbons (Fsp3) is 0.111. The Morgan fingerprint density at radius 3 is 2.23 bits per heavy atom. The van der Waals surface area contributed by atoms with Crippen molar-refractivity contribution in [2.75, 3.05) is 0 Å². The van der Waals surface area contributed by atoms with Gasteiger partial charge in [-0.1, -0.05) is 48.5 Å². The topological polar surface area (TPSA) is 74.6 Å². The molecule has 0 aliphatic carbocycles. The van der Waals surface area contributed by atoms with Crippen LogP contribution in [0.4, 0.5) is 0 Å². The van der Waals surface area contributed by atoms with Gasteiger partial charge in [0.25, 0.3) is 0 Å². The van der Waals surface area contributed by atoms with Crippen LogP contribution in [-0.2, 0) is 6.42 Å². The number of hydrogen-bond acceptors (Lipinski definition) is 2. The van der Waals surface area contributed by atoms with Crippen LogP contribution in [-0.4, -0.2) is 22.2 Å². The summed E-state index contributed by atoms with van der Waals surface area (Å²) in [6.07, 6.45) is 2.22. The Morgan fingerprint density at radius 1 is 1.00 bits per heavy atom. The highest BCUT2D eigenvalue weighted by Crippen LogP contribution is 2.27. The first-order valence-corrected chi connectivity index (χ1v) is 6.80. The van der Waals surface area contributed by atoms with Gasteiger partial charge in [-0.05, 0) is 23.6 Å². The minimum atomic E-state index is -1.25. The van der Waals surface area contributed by atoms with Crippen molar-refractivity contribution >= 4 is 11.9 Å². The SMILES string of the molecule is C=CC(Cc1ccccc1)c1cccc(C(=O)O)c1C(=O)O. The number of hydrogen-bond donors (Lipinski definition) is 2. The third kappa shape index (κ3) is 3.23. The van der Waals surface area contributed by atoms with Gasteiger partial charge >= 0.3 is 11.9 Å². The van der Waals surface area contributed by atoms with Crippen LogP contribution < -0.4 is 0 Å². The van der Waals surface area contributed by atoms with Gasteiger partial charge in [0, 0.05) is 5.92 Å². The predicted molar refractivity (Wildman–Crippen MR) is 83.4 cm³/mol. The average molecular weight is 296 g/mol. The van der Waals surface area contributed by atoms with Crippen molar-refractivity contribution in [1.82, 2.24) is 0 Å². The average Bonchev–Trinajstić information content (AvgIpc) is 2.52. The highest BCUT2D eigenvalue weighted by Gasteiger charge is 2.23. The second-order valence-corrected chi connectivity index (χ2v) is 4.91. The van der Waals surface area contributed by atoms with E-state index >= 15 is 0 Å². The van der Waals surface area contributed by atoms with E-state index in [4.69, 9.17) is 0 Å². The molecule has 2 aromatic rings. The van der Waals surface area contributed by atoms with E-state index in [0.29, 0.717) is 12.0 Å². The molecule has 0 saturated carbocycles. The van der Waals surface area contributed by atoms with Gasteiger partial charge in [0.05, 0.1) is 11.1 Å². The first kappa shape index (κ1) is 15.5. The molecule has 0 heterocycles. The molecule has 112 valence electrons. The number of benzene rings is 2. The molecule has 0 amide bonds. The molecule has 0 fully saturated rings. The van der Waals surface area contributed by atoms with Crippen molar-refractivity contribution < 1.29 is 19.8 Å². The molecule has 0 aliphatic rings. The summed E-state index contributed by atoms with van der Waals surface area (Å²) in [4.78, 5) is 22.8. The Morgan fingerprint density at radius 2 is 1.68 bits per heavy atom. The molecule has 0 bridgehead atoms. The first-order chi connectivity index (χ1) is 10.5. The standard InChI is InChI=1S/C18H16O4/c1-2-13(11-12-7-4-3-5-8-12)14-9-6-10-15(17(19)20)16(14)18(21)22/h2-10,13H,1,11H2,(H,19,20)(H,21,22). The van der Waals surface area contributed by atoms with Gasteiger partial charge in [-0.3, -0.25) is 0 Å². The molecule has 0 saturated heterocycles. The summed E-state index contributed by atoms with van der Waals surface area (Å²) in [5.41, 5.74) is 1.12. The summed E-state index contributed by atoms with van der Waals surface area (Å²) >= 11 is 0. The maximum atomic E-state index is 11.5. The second kappa shape index (κ2) is 6.72. The maximum absolute atomic E-state index is 11.5. The van der Waals surface area contributed by atoms with Gasteiger partial charge in [0.2, 0.25) is 0 Å². The Labute approximate surface area is 128 Å². The van der Waals surface area contributed by atoms with E-state index in [-0.39, 0.29) is 17.0 Å². The number of carboxylic acid groups (broad SMARTS) is 2. The fourth-order valence-electron chi connectivity index (χ4n) is 2.48. The molecule has 22 heavy (non-hydrogen) atoms. The highest BCUT2D eigenvalue weighted by atomic mass is 16.4. The van der Waals surface area contributed by atoms with Crippen molar-refractivity contribution in [3.05, 3.63) is 83.4 Å². The third-order valence-electron chi connectivity index (χ3n) is 3.52. The van der Waals surface area contributed by atoms with E-state index in [1.165, 1.54) is 6.07 Å². The monoisotopic (exact) mass is 296 g/mol. The summed E-state index contributed by atoms with van der Waals surface area (Å²) in [6, 6.07) is 14.1. The second-order valence-electron chi connectivity index (χ2n) is 4.91. The lowest BCUT2D eigenvalue weighted by atomic mass is 9.87. The number of carbonyl (C=O) groups is 2. The summed E-state index contributed by atoms with van der Waals surface area (Å²) in [5, 5.41) is 18.6. The molecule has 2 aromatic carbocycles. The lowest BCUT2D eigenvalue weighted by Crippen LogP contribution is -2.14. The number of carboxylic acids is 2. The van der Waals surface area contributed by atoms with Crippen molar-refractivity contribution in [2.45, 2.75) is 12.3 Å². The van der Waals surface area contributed by atoms with Crippen LogP contribution in [0.5, 0.6) is 0 Å². The van der Waals surface area contributed by atoms with Crippen molar-refractivity contribution in [3.63, 3.8) is 0 Å². The molecule has 0 aromatic heterocycles. The zero-order valence-electron chi connectivity index (χ0n) is 11.9. The molecule has 4 nitrogen and oxygen atoms in total. The smallest absolute Gasteiger partial charge is 0.336 e. The van der Waals surface area contributed by atoms with Gasteiger partial charge in [0.15, 0.2) is 0 Å². The fourth-order valence-corrected chi connectivity index (χ4v) is 2.48. The minimum Gasteiger partial charge on any atom is -0.478 e. The maximum Gasteiger partial charge on any atom is 0.336 e. The van der Waals surface area contributed by atoms with Gasteiger partial charge < -0.3 is 10.2 Å². The van der Waals surface area contributed by atoms with E-state index < -0.39 is 11.9 Å². The molecule has 1 unspecified atom stereocenters. The molecule has 2 rings (SSSR count). The third-order valence-corrected chi connectivity index (χ3v) is 3.52. The van der Waals surface area contributed by atoms with Crippen LogP contribution in [0.25, 0.3) is 0 Å². The zero-order chi connectivity index (χ0) is 16.1. The van der Waals surface area contributed by atoms with Gasteiger partial charge in [0.1, 0.15) is 0 Å². The Hall–Kier alpha value is -2.88. The molecular weight excluding hydrogens is 280 g/mol. The van der Waals surface area contributed by atoms with Gasteiger partial charge in [-0.15, -0.1) is 6.58 Å². The van der Waals surface area contributed by atoms with Crippen LogP contribution >= 0.6 is 0 Å². The number of rotatable bonds is 6. The van der Waals surface area contributed by atoms with Crippen molar-refractivity contribution in [2.24, 2.45) is 0 Å². The Balaban J connectivity index is 2.49. The summed E-state index contributed by atoms with van der Waals surface area (Å²) < 4.78 is 0. The van der Waals surface area contributed by atoms with Gasteiger partial charge in [-0.25, -0.2) is 9.59 Å². The zero-order valence-corrected chi connectivity index (χ0v) is 11.9. The summed E-state index contributed by atoms with van der Waals surface area (Å²) in [7, 11) is 0. The molecule has 0 spiro atoms. The summed E-state index contributed by atoms with van der Waals surface area (Å²) in [6.45, 7) is 3.77. The first-order valence-electron chi connectivity index (χ1n) is 6.80. The normalized spacial score (nSPS) is 11.6. The van der Waals surface area contributed by atoms with E-state index in [9.17, 15) is 19.8 Å². The number of allylic oxidation sites excluding steroid dienone is 1. The lowest BCUT2D eigenvalue weighted by molar-refractivity contribution is 0.0650. The van der Waals surface area contributed by atoms with E-state index in [0.717, 1.165) is 5.56 Å². The van der Waals surface area contributed by atoms with Crippen molar-refractivity contribution in [3.8, 4) is 0 Å². The van der Waals surface area contributed by atoms with Crippen LogP contribution in [0.2, 0.25) is 0 Å². The quantitative estimate of drug-likeness (QED) is 0.799. The lowest BCUT2D eigenvalue weighted by Gasteiger charge is -2.17. The molecule has 4 heteroatoms. The predicted octanol–water partition coefficient (Wildman–Crippen LogP) is 3.60. The molecular formula is C18H16O4. The van der Waals surface area contributed by atoms with Crippen LogP contribution in [0.1, 0.15) is 37.8 Å². The van der Waals surface area contributed by atoms with Crippen molar-refractivity contribution in [1.29, 1.82) is 0 Å². The summed E-state index contributed by atoms with van der Waals surface area (Å²) in [5.74, 6) is -2.76. The van der Waals surface area contributed by atoms with Gasteiger partial charge in [-0.2, -0.15) is 0 Å². The number of aromatic carboxylic acids is 2. The van der Waals surface area contributed by atoms with E-state index in [1.54, 1.807) is 18.2 Å². The molecule has 2 N–H and O–H groups in total. The van der Waals surface area contributed by atoms with Crippen LogP contribution in [0, 0.1) is 0 Å². The van der Waals surface area contributed by atoms with E-state index in [1.807, 2.05) is 30.3 Å². The molecule has 1 atom stereocenters. The minimum absolute atomic E-state index is 0.171.